The smallest absolute Gasteiger partial charge is 0.416 e. The van der Waals surface area contributed by atoms with E-state index < -0.39 is 47.1 Å². The number of carbonyl (C=O) groups is 2. The Morgan fingerprint density at radius 3 is 2.41 bits per heavy atom. The number of fused-ring (bicyclic) bond motifs is 1. The van der Waals surface area contributed by atoms with Gasteiger partial charge in [0, 0.05) is 18.8 Å². The number of aliphatic carboxylic acids is 1. The summed E-state index contributed by atoms with van der Waals surface area (Å²) < 4.78 is 93.8. The second-order valence-electron chi connectivity index (χ2n) is 11.5. The fraction of sp³-hybridized carbons (Fsp3) is 0.424. The van der Waals surface area contributed by atoms with Gasteiger partial charge in [-0.1, -0.05) is 6.92 Å². The van der Waals surface area contributed by atoms with Crippen molar-refractivity contribution in [1.29, 1.82) is 5.26 Å². The van der Waals surface area contributed by atoms with Crippen LogP contribution in [0.3, 0.4) is 0 Å². The molecule has 2 aromatic carbocycles. The third-order valence-electron chi connectivity index (χ3n) is 8.06. The van der Waals surface area contributed by atoms with Gasteiger partial charge in [0.15, 0.2) is 5.75 Å². The summed E-state index contributed by atoms with van der Waals surface area (Å²) in [5, 5.41) is 18.3. The average molecular weight is 694 g/mol. The molecule has 2 heterocycles. The number of alkyl halides is 6. The Kier molecular flexibility index (Phi) is 11.1. The molecule has 0 radical (unpaired) electrons. The Hall–Kier alpha value is -4.91. The summed E-state index contributed by atoms with van der Waals surface area (Å²) in [5.74, 6) is -2.02. The molecular weight excluding hydrogens is 660 g/mol. The summed E-state index contributed by atoms with van der Waals surface area (Å²) in [6.07, 6.45) is -8.96. The second kappa shape index (κ2) is 14.7. The van der Waals surface area contributed by atoms with Crippen molar-refractivity contribution in [3.05, 3.63) is 81.9 Å². The number of unbranched alkanes of at least 4 members (excludes halogenated alkanes) is 1. The Bertz CT molecular complexity index is 1740. The van der Waals surface area contributed by atoms with Gasteiger partial charge in [-0.15, -0.1) is 0 Å². The molecule has 0 unspecified atom stereocenters. The number of hydrogen-bond donors (Lipinski definition) is 2. The third kappa shape index (κ3) is 8.58. The lowest BCUT2D eigenvalue weighted by molar-refractivity contribution is -0.138. The number of anilines is 1. The maximum atomic E-state index is 13.9. The van der Waals surface area contributed by atoms with E-state index in [2.05, 4.69) is 9.97 Å². The van der Waals surface area contributed by atoms with Crippen LogP contribution >= 0.6 is 0 Å². The van der Waals surface area contributed by atoms with Gasteiger partial charge in [0.25, 0.3) is 0 Å². The van der Waals surface area contributed by atoms with Crippen molar-refractivity contribution in [3.63, 3.8) is 0 Å². The van der Waals surface area contributed by atoms with Gasteiger partial charge in [-0.25, -0.2) is 14.8 Å². The maximum absolute atomic E-state index is 13.9. The van der Waals surface area contributed by atoms with E-state index in [1.807, 2.05) is 0 Å². The standard InChI is InChI=1S/C33H33F6N5O5/c1-3-31(41)16-24(23-15-21(32(34,35)36)8-9-26(23)44(31)30(47)48-4-2)29-42-18-27(49-10-6-5-7-28(45)46)25(43-29)14-19-11-20(17-40)13-22(12-19)33(37,38)39/h8-9,11-13,15,18,24H,3-7,10,14,16,41H2,1-2H3,(H,45,46)/t24-,31+/m0/s1. The van der Waals surface area contributed by atoms with Crippen LogP contribution in [0.2, 0.25) is 0 Å². The van der Waals surface area contributed by atoms with Gasteiger partial charge < -0.3 is 20.3 Å². The molecule has 1 aromatic heterocycles. The molecule has 1 amide bonds. The normalized spacial score (nSPS) is 17.6. The third-order valence-corrected chi connectivity index (χ3v) is 8.06. The molecule has 1 aliphatic heterocycles. The molecule has 16 heteroatoms. The number of rotatable bonds is 11. The molecular formula is C33H33F6N5O5. The Labute approximate surface area is 277 Å². The number of carboxylic acids is 1. The van der Waals surface area contributed by atoms with Crippen molar-refractivity contribution in [2.45, 2.75) is 76.3 Å². The van der Waals surface area contributed by atoms with Crippen LogP contribution in [0, 0.1) is 11.3 Å². The first-order valence-corrected chi connectivity index (χ1v) is 15.3. The van der Waals surface area contributed by atoms with Gasteiger partial charge >= 0.3 is 24.4 Å². The van der Waals surface area contributed by atoms with Crippen molar-refractivity contribution in [1.82, 2.24) is 9.97 Å². The molecule has 2 atom stereocenters. The van der Waals surface area contributed by atoms with E-state index >= 15 is 0 Å². The molecule has 0 saturated carbocycles. The number of carboxylic acid groups (broad SMARTS) is 1. The van der Waals surface area contributed by atoms with Crippen molar-refractivity contribution >= 4 is 17.7 Å². The number of hydrogen-bond acceptors (Lipinski definition) is 8. The first-order valence-electron chi connectivity index (χ1n) is 15.3. The van der Waals surface area contributed by atoms with Crippen LogP contribution in [-0.4, -0.2) is 46.0 Å². The first-order chi connectivity index (χ1) is 23.0. The predicted octanol–water partition coefficient (Wildman–Crippen LogP) is 7.17. The van der Waals surface area contributed by atoms with Crippen molar-refractivity contribution < 1.29 is 50.5 Å². The van der Waals surface area contributed by atoms with Gasteiger partial charge in [-0.05, 0) is 80.1 Å². The average Bonchev–Trinajstić information content (AvgIpc) is 3.03. The van der Waals surface area contributed by atoms with Crippen molar-refractivity contribution in [2.24, 2.45) is 5.73 Å². The van der Waals surface area contributed by atoms with Crippen LogP contribution in [-0.2, 0) is 28.3 Å². The Morgan fingerprint density at radius 2 is 1.80 bits per heavy atom. The van der Waals surface area contributed by atoms with Crippen LogP contribution < -0.4 is 15.4 Å². The Balaban J connectivity index is 1.86. The van der Waals surface area contributed by atoms with E-state index in [4.69, 9.17) is 20.3 Å². The monoisotopic (exact) mass is 693 g/mol. The highest BCUT2D eigenvalue weighted by molar-refractivity contribution is 5.91. The molecule has 3 N–H and O–H groups in total. The molecule has 1 aliphatic rings. The number of nitrogens with two attached hydrogens (primary N) is 1. The van der Waals surface area contributed by atoms with E-state index in [1.54, 1.807) is 19.9 Å². The number of nitriles is 1. The number of amides is 1. The predicted molar refractivity (Wildman–Crippen MR) is 163 cm³/mol. The van der Waals surface area contributed by atoms with Crippen molar-refractivity contribution in [2.75, 3.05) is 18.1 Å². The molecule has 10 nitrogen and oxygen atoms in total. The molecule has 0 saturated heterocycles. The minimum absolute atomic E-state index is 0.00642. The number of nitrogens with zero attached hydrogens (tertiary/aromatic N) is 4. The van der Waals surface area contributed by atoms with Crippen LogP contribution in [0.25, 0.3) is 0 Å². The van der Waals surface area contributed by atoms with Gasteiger partial charge in [-0.3, -0.25) is 9.69 Å². The highest BCUT2D eigenvalue weighted by Gasteiger charge is 2.47. The SMILES string of the molecule is CCOC(=O)N1c2ccc(C(F)(F)F)cc2[C@@H](c2ncc(OCCCCC(=O)O)c(Cc3cc(C#N)cc(C(F)(F)F)c3)n2)C[C@@]1(N)CC. The minimum Gasteiger partial charge on any atom is -0.490 e. The maximum Gasteiger partial charge on any atom is 0.416 e. The van der Waals surface area contributed by atoms with Crippen LogP contribution in [0.4, 0.5) is 36.8 Å². The zero-order chi connectivity index (χ0) is 36.1. The fourth-order valence-electron chi connectivity index (χ4n) is 5.62. The number of aromatic nitrogens is 2. The van der Waals surface area contributed by atoms with E-state index in [-0.39, 0.29) is 85.0 Å². The van der Waals surface area contributed by atoms with Crippen LogP contribution in [0.1, 0.15) is 91.2 Å². The number of ether oxygens (including phenoxy) is 2. The molecule has 4 rings (SSSR count). The fourth-order valence-corrected chi connectivity index (χ4v) is 5.62. The summed E-state index contributed by atoms with van der Waals surface area (Å²) >= 11 is 0. The summed E-state index contributed by atoms with van der Waals surface area (Å²) in [6, 6.07) is 7.33. The summed E-state index contributed by atoms with van der Waals surface area (Å²) in [7, 11) is 0. The van der Waals surface area contributed by atoms with Crippen molar-refractivity contribution in [3.8, 4) is 11.8 Å². The molecule has 0 spiro atoms. The number of halogens is 6. The quantitative estimate of drug-likeness (QED) is 0.157. The first kappa shape index (κ1) is 36.9. The lowest BCUT2D eigenvalue weighted by Gasteiger charge is -2.46. The zero-order valence-electron chi connectivity index (χ0n) is 26.5. The Morgan fingerprint density at radius 1 is 1.08 bits per heavy atom. The zero-order valence-corrected chi connectivity index (χ0v) is 26.5. The van der Waals surface area contributed by atoms with E-state index in [0.717, 1.165) is 29.2 Å². The molecule has 0 bridgehead atoms. The lowest BCUT2D eigenvalue weighted by Crippen LogP contribution is -2.61. The second-order valence-corrected chi connectivity index (χ2v) is 11.5. The van der Waals surface area contributed by atoms with Gasteiger partial charge in [0.05, 0.1) is 53.6 Å². The van der Waals surface area contributed by atoms with E-state index in [1.165, 1.54) is 12.3 Å². The van der Waals surface area contributed by atoms with Gasteiger partial charge in [-0.2, -0.15) is 31.6 Å². The summed E-state index contributed by atoms with van der Waals surface area (Å²) in [6.45, 7) is 3.23. The van der Waals surface area contributed by atoms with Crippen LogP contribution in [0.15, 0.2) is 42.6 Å². The molecule has 262 valence electrons. The highest BCUT2D eigenvalue weighted by atomic mass is 19.4. The highest BCUT2D eigenvalue weighted by Crippen LogP contribution is 2.47. The minimum atomic E-state index is -4.76. The topological polar surface area (TPSA) is 152 Å². The summed E-state index contributed by atoms with van der Waals surface area (Å²) in [4.78, 5) is 34.1. The lowest BCUT2D eigenvalue weighted by atomic mass is 9.80. The van der Waals surface area contributed by atoms with Gasteiger partial charge in [0.2, 0.25) is 0 Å². The largest absolute Gasteiger partial charge is 0.490 e. The molecule has 0 fully saturated rings. The molecule has 49 heavy (non-hydrogen) atoms. The van der Waals surface area contributed by atoms with E-state index in [9.17, 15) is 41.2 Å². The molecule has 0 aliphatic carbocycles. The number of benzene rings is 2. The van der Waals surface area contributed by atoms with E-state index in [0.29, 0.717) is 12.5 Å². The number of carbonyl (C=O) groups excluding carboxylic acids is 1. The molecule has 3 aromatic rings. The van der Waals surface area contributed by atoms with Gasteiger partial charge in [0.1, 0.15) is 11.5 Å². The summed E-state index contributed by atoms with van der Waals surface area (Å²) in [5.41, 5.74) is 3.13. The van der Waals surface area contributed by atoms with Crippen LogP contribution in [0.5, 0.6) is 5.75 Å².